The maximum absolute atomic E-state index is 13.3. The first-order valence-electron chi connectivity index (χ1n) is 9.92. The Bertz CT molecular complexity index is 1250. The number of rotatable bonds is 3. The number of halogens is 6. The van der Waals surface area contributed by atoms with E-state index in [-0.39, 0.29) is 39.9 Å². The molecule has 1 aromatic carbocycles. The van der Waals surface area contributed by atoms with Crippen LogP contribution in [0, 0.1) is 6.92 Å². The van der Waals surface area contributed by atoms with E-state index in [1.807, 2.05) is 0 Å². The number of hydrogen-bond donors (Lipinski definition) is 0. The smallest absolute Gasteiger partial charge is 0.341 e. The van der Waals surface area contributed by atoms with Crippen LogP contribution in [-0.4, -0.2) is 33.4 Å². The average molecular weight is 489 g/mol. The Balaban J connectivity index is 1.88. The number of aromatic nitrogens is 2. The third kappa shape index (κ3) is 4.48. The molecular weight excluding hydrogens is 472 g/mol. The minimum Gasteiger partial charge on any atom is -0.341 e. The predicted octanol–water partition coefficient (Wildman–Crippen LogP) is 5.09. The van der Waals surface area contributed by atoms with Crippen molar-refractivity contribution in [1.29, 1.82) is 0 Å². The number of fused-ring (bicyclic) bond motifs is 1. The maximum Gasteiger partial charge on any atom is 0.416 e. The van der Waals surface area contributed by atoms with Gasteiger partial charge in [-0.2, -0.15) is 26.3 Å². The summed E-state index contributed by atoms with van der Waals surface area (Å²) in [5.41, 5.74) is -4.08. The van der Waals surface area contributed by atoms with E-state index >= 15 is 0 Å². The van der Waals surface area contributed by atoms with Crippen LogP contribution in [0.15, 0.2) is 29.3 Å². The van der Waals surface area contributed by atoms with Crippen LogP contribution in [0.25, 0.3) is 21.3 Å². The fourth-order valence-corrected chi connectivity index (χ4v) is 4.91. The minimum absolute atomic E-state index is 0.0403. The van der Waals surface area contributed by atoms with Gasteiger partial charge in [-0.05, 0) is 43.5 Å². The topological polar surface area (TPSA) is 55.2 Å². The Morgan fingerprint density at radius 1 is 1.03 bits per heavy atom. The van der Waals surface area contributed by atoms with Crippen molar-refractivity contribution in [3.63, 3.8) is 0 Å². The van der Waals surface area contributed by atoms with Crippen LogP contribution in [0.4, 0.5) is 26.3 Å². The Hall–Kier alpha value is -2.89. The molecule has 176 valence electrons. The van der Waals surface area contributed by atoms with Gasteiger partial charge in [-0.15, -0.1) is 11.3 Å². The predicted molar refractivity (Wildman–Crippen MR) is 110 cm³/mol. The van der Waals surface area contributed by atoms with E-state index in [2.05, 4.69) is 4.98 Å². The number of nitrogens with zero attached hydrogens (tertiary/aromatic N) is 3. The van der Waals surface area contributed by atoms with E-state index in [4.69, 9.17) is 0 Å². The van der Waals surface area contributed by atoms with Gasteiger partial charge in [0.15, 0.2) is 0 Å². The number of alkyl halides is 6. The third-order valence-electron chi connectivity index (χ3n) is 5.50. The molecule has 0 atom stereocenters. The number of hydrogen-bond acceptors (Lipinski definition) is 4. The summed E-state index contributed by atoms with van der Waals surface area (Å²) >= 11 is 0.985. The van der Waals surface area contributed by atoms with Crippen molar-refractivity contribution in [2.24, 2.45) is 0 Å². The van der Waals surface area contributed by atoms with Gasteiger partial charge in [0, 0.05) is 23.5 Å². The Labute approximate surface area is 187 Å². The molecule has 1 saturated heterocycles. The number of aryl methyl sites for hydroxylation is 1. The molecule has 4 rings (SSSR count). The van der Waals surface area contributed by atoms with E-state index in [1.54, 1.807) is 4.90 Å². The van der Waals surface area contributed by atoms with Crippen LogP contribution in [0.1, 0.15) is 28.8 Å². The van der Waals surface area contributed by atoms with Gasteiger partial charge >= 0.3 is 12.4 Å². The Morgan fingerprint density at radius 3 is 2.15 bits per heavy atom. The molecule has 1 fully saturated rings. The van der Waals surface area contributed by atoms with Crippen molar-refractivity contribution in [1.82, 2.24) is 14.5 Å². The molecule has 0 aliphatic carbocycles. The summed E-state index contributed by atoms with van der Waals surface area (Å²) in [7, 11) is 0. The van der Waals surface area contributed by atoms with Crippen LogP contribution in [0.2, 0.25) is 0 Å². The molecule has 0 spiro atoms. The summed E-state index contributed by atoms with van der Waals surface area (Å²) in [6.45, 7) is 2.31. The van der Waals surface area contributed by atoms with Gasteiger partial charge in [0.2, 0.25) is 5.91 Å². The Kier molecular flexibility index (Phi) is 5.75. The standard InChI is InChI=1S/C21H17F6N3O2S/c1-11-16(12-6-13(20(22,23)24)8-14(7-12)21(25,26)27)17-18(33-11)28-10-30(19(17)32)9-15(31)29-4-2-3-5-29/h6-8,10H,2-5,9H2,1H3. The summed E-state index contributed by atoms with van der Waals surface area (Å²) < 4.78 is 81.1. The van der Waals surface area contributed by atoms with Crippen LogP contribution >= 0.6 is 11.3 Å². The first kappa shape index (κ1) is 23.3. The van der Waals surface area contributed by atoms with Crippen molar-refractivity contribution in [2.75, 3.05) is 13.1 Å². The highest BCUT2D eigenvalue weighted by Crippen LogP contribution is 2.42. The van der Waals surface area contributed by atoms with Gasteiger partial charge in [-0.3, -0.25) is 14.2 Å². The summed E-state index contributed by atoms with van der Waals surface area (Å²) in [5, 5.41) is -0.110. The number of amides is 1. The van der Waals surface area contributed by atoms with E-state index in [1.165, 1.54) is 13.3 Å². The van der Waals surface area contributed by atoms with Crippen molar-refractivity contribution in [2.45, 2.75) is 38.7 Å². The zero-order chi connectivity index (χ0) is 24.1. The van der Waals surface area contributed by atoms with Gasteiger partial charge in [-0.25, -0.2) is 4.98 Å². The number of thiophene rings is 1. The van der Waals surface area contributed by atoms with Gasteiger partial charge in [0.05, 0.1) is 22.8 Å². The van der Waals surface area contributed by atoms with Crippen LogP contribution in [0.3, 0.4) is 0 Å². The fourth-order valence-electron chi connectivity index (χ4n) is 3.91. The zero-order valence-electron chi connectivity index (χ0n) is 17.2. The molecule has 0 saturated carbocycles. The highest BCUT2D eigenvalue weighted by atomic mass is 32.1. The highest BCUT2D eigenvalue weighted by molar-refractivity contribution is 7.19. The molecular formula is C21H17F6N3O2S. The highest BCUT2D eigenvalue weighted by Gasteiger charge is 2.37. The molecule has 0 bridgehead atoms. The van der Waals surface area contributed by atoms with Crippen LogP contribution in [0.5, 0.6) is 0 Å². The van der Waals surface area contributed by atoms with Gasteiger partial charge in [-0.1, -0.05) is 0 Å². The van der Waals surface area contributed by atoms with Gasteiger partial charge in [0.1, 0.15) is 11.4 Å². The molecule has 0 radical (unpaired) electrons. The SMILES string of the molecule is Cc1sc2ncn(CC(=O)N3CCCC3)c(=O)c2c1-c1cc(C(F)(F)F)cc(C(F)(F)F)c1. The molecule has 1 aliphatic heterocycles. The van der Waals surface area contributed by atoms with Crippen molar-refractivity contribution >= 4 is 27.5 Å². The molecule has 3 aromatic rings. The lowest BCUT2D eigenvalue weighted by Crippen LogP contribution is -2.34. The number of carbonyl (C=O) groups excluding carboxylic acids is 1. The lowest BCUT2D eigenvalue weighted by atomic mass is 9.98. The quantitative estimate of drug-likeness (QED) is 0.482. The largest absolute Gasteiger partial charge is 0.416 e. The van der Waals surface area contributed by atoms with E-state index < -0.39 is 29.0 Å². The first-order chi connectivity index (χ1) is 15.4. The summed E-state index contributed by atoms with van der Waals surface area (Å²) in [5.74, 6) is -0.303. The van der Waals surface area contributed by atoms with E-state index in [0.29, 0.717) is 30.1 Å². The lowest BCUT2D eigenvalue weighted by Gasteiger charge is -2.16. The third-order valence-corrected chi connectivity index (χ3v) is 6.51. The molecule has 1 aliphatic rings. The first-order valence-corrected chi connectivity index (χ1v) is 10.7. The molecule has 12 heteroatoms. The summed E-state index contributed by atoms with van der Waals surface area (Å²) in [4.78, 5) is 31.9. The minimum atomic E-state index is -5.02. The summed E-state index contributed by atoms with van der Waals surface area (Å²) in [6, 6.07) is 1.23. The summed E-state index contributed by atoms with van der Waals surface area (Å²) in [6.07, 6.45) is -7.16. The van der Waals surface area contributed by atoms with Gasteiger partial charge < -0.3 is 4.90 Å². The monoisotopic (exact) mass is 489 g/mol. The second-order valence-electron chi connectivity index (χ2n) is 7.77. The van der Waals surface area contributed by atoms with E-state index in [0.717, 1.165) is 28.7 Å². The number of likely N-dealkylation sites (tertiary alicyclic amines) is 1. The number of carbonyl (C=O) groups is 1. The fraction of sp³-hybridized carbons (Fsp3) is 0.381. The van der Waals surface area contributed by atoms with Crippen molar-refractivity contribution in [3.8, 4) is 11.1 Å². The molecule has 0 unspecified atom stereocenters. The van der Waals surface area contributed by atoms with Gasteiger partial charge in [0.25, 0.3) is 5.56 Å². The lowest BCUT2D eigenvalue weighted by molar-refractivity contribution is -0.143. The van der Waals surface area contributed by atoms with Crippen LogP contribution in [-0.2, 0) is 23.7 Å². The molecule has 2 aromatic heterocycles. The molecule has 3 heterocycles. The normalized spacial score (nSPS) is 14.9. The van der Waals surface area contributed by atoms with E-state index in [9.17, 15) is 35.9 Å². The molecule has 5 nitrogen and oxygen atoms in total. The Morgan fingerprint density at radius 2 is 1.61 bits per heavy atom. The molecule has 1 amide bonds. The van der Waals surface area contributed by atoms with Crippen molar-refractivity contribution < 1.29 is 31.1 Å². The second-order valence-corrected chi connectivity index (χ2v) is 8.98. The zero-order valence-corrected chi connectivity index (χ0v) is 18.0. The molecule has 0 N–H and O–H groups in total. The second kappa shape index (κ2) is 8.15. The van der Waals surface area contributed by atoms with Crippen LogP contribution < -0.4 is 5.56 Å². The average Bonchev–Trinajstić information content (AvgIpc) is 3.36. The maximum atomic E-state index is 13.3. The number of benzene rings is 1. The molecule has 33 heavy (non-hydrogen) atoms. The van der Waals surface area contributed by atoms with Crippen molar-refractivity contribution in [3.05, 3.63) is 50.9 Å².